The maximum Gasteiger partial charge on any atom is 0.243 e. The molecule has 4 aromatic rings. The van der Waals surface area contributed by atoms with Crippen molar-refractivity contribution in [3.63, 3.8) is 0 Å². The summed E-state index contributed by atoms with van der Waals surface area (Å²) >= 11 is 0. The molecule has 67 heavy (non-hydrogen) atoms. The Morgan fingerprint density at radius 3 is 0.657 bits per heavy atom. The Morgan fingerprint density at radius 1 is 0.284 bits per heavy atom. The van der Waals surface area contributed by atoms with Crippen LogP contribution in [0.1, 0.15) is 113 Å². The van der Waals surface area contributed by atoms with Crippen LogP contribution in [0.15, 0.2) is 68.1 Å². The molecule has 0 saturated heterocycles. The van der Waals surface area contributed by atoms with Crippen molar-refractivity contribution < 1.29 is 33.7 Å². The minimum absolute atomic E-state index is 0.0508. The Hall–Kier alpha value is -3.48. The molecular weight excluding hydrogens is 925 g/mol. The lowest BCUT2D eigenvalue weighted by atomic mass is 10.1. The number of aryl methyl sites for hydroxylation is 12. The van der Waals surface area contributed by atoms with Gasteiger partial charge < -0.3 is 0 Å². The topological polar surface area (TPSA) is 150 Å². The number of rotatable bonds is 24. The molecule has 16 heteroatoms. The lowest BCUT2D eigenvalue weighted by molar-refractivity contribution is 0.342. The quantitative estimate of drug-likeness (QED) is 0.0631. The summed E-state index contributed by atoms with van der Waals surface area (Å²) < 4.78 is 120. The van der Waals surface area contributed by atoms with Crippen LogP contribution in [0.4, 0.5) is 0 Å². The Labute approximate surface area is 405 Å². The molecule has 4 aromatic carbocycles. The Balaban J connectivity index is 1.59. The third kappa shape index (κ3) is 13.0. The zero-order valence-corrected chi connectivity index (χ0v) is 45.8. The second-order valence-corrected chi connectivity index (χ2v) is 26.0. The van der Waals surface area contributed by atoms with Crippen LogP contribution in [-0.4, -0.2) is 103 Å². The van der Waals surface area contributed by atoms with Crippen LogP contribution in [-0.2, 0) is 40.1 Å². The van der Waals surface area contributed by atoms with Crippen molar-refractivity contribution >= 4 is 40.1 Å². The normalized spacial score (nSPS) is 12.9. The van der Waals surface area contributed by atoms with Crippen LogP contribution < -0.4 is 0 Å². The van der Waals surface area contributed by atoms with Gasteiger partial charge >= 0.3 is 0 Å². The third-order valence-electron chi connectivity index (χ3n) is 12.5. The van der Waals surface area contributed by atoms with E-state index >= 15 is 0 Å². The van der Waals surface area contributed by atoms with Crippen LogP contribution in [0.5, 0.6) is 0 Å². The molecule has 0 aliphatic carbocycles. The Morgan fingerprint density at radius 2 is 0.448 bits per heavy atom. The van der Waals surface area contributed by atoms with E-state index in [-0.39, 0.29) is 73.5 Å². The highest BCUT2D eigenvalue weighted by Crippen LogP contribution is 2.30. The average molecular weight is 1000 g/mol. The first-order valence-corrected chi connectivity index (χ1v) is 29.2. The van der Waals surface area contributed by atoms with E-state index in [1.807, 2.05) is 76.2 Å². The van der Waals surface area contributed by atoms with Crippen molar-refractivity contribution in [2.75, 3.05) is 52.4 Å². The molecule has 0 atom stereocenters. The summed E-state index contributed by atoms with van der Waals surface area (Å²) in [5.41, 5.74) is 9.02. The molecule has 0 unspecified atom stereocenters. The molecule has 4 rings (SSSR count). The van der Waals surface area contributed by atoms with E-state index in [9.17, 15) is 33.7 Å². The molecule has 0 spiro atoms. The molecule has 372 valence electrons. The van der Waals surface area contributed by atoms with Gasteiger partial charge in [0.05, 0.1) is 19.6 Å². The summed E-state index contributed by atoms with van der Waals surface area (Å²) in [5.74, 6) is 0. The van der Waals surface area contributed by atoms with E-state index in [1.54, 1.807) is 69.2 Å². The minimum Gasteiger partial charge on any atom is -0.207 e. The predicted octanol–water partition coefficient (Wildman–Crippen LogP) is 9.44. The first-order valence-electron chi connectivity index (χ1n) is 23.4. The van der Waals surface area contributed by atoms with E-state index in [2.05, 4.69) is 0 Å². The van der Waals surface area contributed by atoms with Gasteiger partial charge in [-0.15, -0.1) is 0 Å². The maximum absolute atomic E-state index is 14.7. The molecule has 0 aromatic heterocycles. The highest BCUT2D eigenvalue weighted by molar-refractivity contribution is 7.90. The molecule has 0 radical (unpaired) electrons. The van der Waals surface area contributed by atoms with Gasteiger partial charge in [0.15, 0.2) is 0 Å². The number of nitrogens with zero attached hydrogens (tertiary/aromatic N) is 4. The van der Waals surface area contributed by atoms with Gasteiger partial charge in [0.1, 0.15) is 0 Å². The van der Waals surface area contributed by atoms with Crippen LogP contribution in [0.2, 0.25) is 0 Å². The lowest BCUT2D eigenvalue weighted by Gasteiger charge is -2.28. The zero-order valence-electron chi connectivity index (χ0n) is 42.5. The van der Waals surface area contributed by atoms with E-state index in [4.69, 9.17) is 0 Å². The number of sulfonamides is 4. The molecule has 0 bridgehead atoms. The van der Waals surface area contributed by atoms with Gasteiger partial charge in [-0.2, -0.15) is 17.2 Å². The van der Waals surface area contributed by atoms with Crippen molar-refractivity contribution in [3.8, 4) is 0 Å². The number of benzene rings is 4. The lowest BCUT2D eigenvalue weighted by Crippen LogP contribution is -2.38. The van der Waals surface area contributed by atoms with Gasteiger partial charge in [-0.3, -0.25) is 0 Å². The van der Waals surface area contributed by atoms with Crippen molar-refractivity contribution in [2.24, 2.45) is 0 Å². The van der Waals surface area contributed by atoms with Gasteiger partial charge in [-0.05, 0) is 160 Å². The van der Waals surface area contributed by atoms with Gasteiger partial charge in [-0.25, -0.2) is 33.7 Å². The number of hydrogen-bond donors (Lipinski definition) is 0. The summed E-state index contributed by atoms with van der Waals surface area (Å²) in [7, 11) is -15.8. The van der Waals surface area contributed by atoms with Crippen molar-refractivity contribution in [2.45, 2.75) is 149 Å². The molecule has 0 fully saturated rings. The molecule has 12 nitrogen and oxygen atoms in total. The van der Waals surface area contributed by atoms with Gasteiger partial charge in [0.2, 0.25) is 40.1 Å². The molecule has 0 heterocycles. The van der Waals surface area contributed by atoms with E-state index in [0.29, 0.717) is 75.1 Å². The summed E-state index contributed by atoms with van der Waals surface area (Å²) in [4.78, 5) is 1.03. The molecular formula is C51H76N4O8S4. The predicted molar refractivity (Wildman–Crippen MR) is 272 cm³/mol. The summed E-state index contributed by atoms with van der Waals surface area (Å²) in [6.07, 6.45) is 1.72. The first-order chi connectivity index (χ1) is 31.1. The van der Waals surface area contributed by atoms with Crippen LogP contribution in [0, 0.1) is 83.1 Å². The number of unbranched alkanes of at least 4 members (excludes halogenated alkanes) is 2. The largest absolute Gasteiger partial charge is 0.243 e. The molecule has 0 aliphatic rings. The van der Waals surface area contributed by atoms with Crippen molar-refractivity contribution in [3.05, 3.63) is 115 Å². The highest BCUT2D eigenvalue weighted by Gasteiger charge is 2.32. The second-order valence-electron chi connectivity index (χ2n) is 18.5. The SMILES string of the molecule is CCN(CCCCN(CCCCN(CCCN(CC)S(=O)(=O)c1c(C)cc(C)cc1C)S(=O)(=O)c1c(C)cc(C)cc1C)S(=O)(=O)c1c(C)cc(C)cc1C)S(=O)(=O)c1c(C)cc(C)cc1C. The van der Waals surface area contributed by atoms with Crippen LogP contribution in [0.3, 0.4) is 0 Å². The Kier molecular flexibility index (Phi) is 19.2. The fourth-order valence-corrected chi connectivity index (χ4v) is 17.6. The van der Waals surface area contributed by atoms with Crippen molar-refractivity contribution in [1.82, 2.24) is 17.2 Å². The smallest absolute Gasteiger partial charge is 0.207 e. The van der Waals surface area contributed by atoms with Gasteiger partial charge in [-0.1, -0.05) is 84.6 Å². The van der Waals surface area contributed by atoms with E-state index < -0.39 is 40.1 Å². The summed E-state index contributed by atoms with van der Waals surface area (Å²) in [6.45, 7) is 26.8. The van der Waals surface area contributed by atoms with Crippen molar-refractivity contribution in [1.29, 1.82) is 0 Å². The molecule has 0 saturated carbocycles. The maximum atomic E-state index is 14.7. The molecule has 0 aliphatic heterocycles. The minimum atomic E-state index is -4.07. The van der Waals surface area contributed by atoms with Gasteiger partial charge in [0, 0.05) is 52.4 Å². The summed E-state index contributed by atoms with van der Waals surface area (Å²) in [5, 5.41) is 0. The Bertz CT molecular complexity index is 2790. The van der Waals surface area contributed by atoms with E-state index in [1.165, 1.54) is 17.2 Å². The molecule has 0 N–H and O–H groups in total. The van der Waals surface area contributed by atoms with E-state index in [0.717, 1.165) is 22.3 Å². The van der Waals surface area contributed by atoms with Gasteiger partial charge in [0.25, 0.3) is 0 Å². The highest BCUT2D eigenvalue weighted by atomic mass is 32.2. The fraction of sp³-hybridized carbons (Fsp3) is 0.529. The average Bonchev–Trinajstić information content (AvgIpc) is 3.16. The number of hydrogen-bond acceptors (Lipinski definition) is 8. The molecule has 0 amide bonds. The van der Waals surface area contributed by atoms with Crippen LogP contribution >= 0.6 is 0 Å². The zero-order chi connectivity index (χ0) is 50.4. The fourth-order valence-electron chi connectivity index (χ4n) is 9.99. The summed E-state index contributed by atoms with van der Waals surface area (Å²) in [6, 6.07) is 14.8. The monoisotopic (exact) mass is 1000 g/mol. The first kappa shape index (κ1) is 56.1. The van der Waals surface area contributed by atoms with Crippen LogP contribution in [0.25, 0.3) is 0 Å². The third-order valence-corrected chi connectivity index (χ3v) is 21.4. The second kappa shape index (κ2) is 23.0. The standard InChI is InChI=1S/C51H76N4O8S4/c1-15-52(64(56,57)48-40(7)28-36(3)29-41(48)8)22-17-18-23-54(66(60,61)50-44(11)32-38(5)33-45(50)12)24-19-20-25-55(67(62,63)51-46(13)34-39(6)35-47(51)14)27-21-26-53(16-2)65(58,59)49-42(9)30-37(4)31-43(49)10/h28-35H,15-27H2,1-14H3.